The lowest BCUT2D eigenvalue weighted by Crippen LogP contribution is -2.54. The molecule has 104 valence electrons. The molecule has 0 N–H and O–H groups in total. The van der Waals surface area contributed by atoms with Crippen LogP contribution in [0.4, 0.5) is 0 Å². The number of hydrogen-bond acceptors (Lipinski definition) is 1. The lowest BCUT2D eigenvalue weighted by atomic mass is 9.44. The Morgan fingerprint density at radius 3 is 2.63 bits per heavy atom. The van der Waals surface area contributed by atoms with Gasteiger partial charge in [-0.25, -0.2) is 0 Å². The summed E-state index contributed by atoms with van der Waals surface area (Å²) in [6, 6.07) is 4.50. The van der Waals surface area contributed by atoms with Crippen LogP contribution in [0.25, 0.3) is 0 Å². The third-order valence-electron chi connectivity index (χ3n) is 6.02. The van der Waals surface area contributed by atoms with Gasteiger partial charge in [0.2, 0.25) is 0 Å². The molecule has 2 heteroatoms. The highest BCUT2D eigenvalue weighted by molar-refractivity contribution is 9.09. The van der Waals surface area contributed by atoms with Gasteiger partial charge >= 0.3 is 0 Å². The standard InChI is InChI=1S/C17H23BrS/c1-16-7-12-5-13(8-16)10-17(9-12,11-16)15(18)6-14-3-2-4-19-14/h2-4,12-13,15H,5-11H2,1H3. The second-order valence-electron chi connectivity index (χ2n) is 7.89. The molecule has 0 nitrogen and oxygen atoms in total. The molecule has 0 amide bonds. The summed E-state index contributed by atoms with van der Waals surface area (Å²) in [5.74, 6) is 2.07. The van der Waals surface area contributed by atoms with Gasteiger partial charge in [0.05, 0.1) is 0 Å². The van der Waals surface area contributed by atoms with Crippen LogP contribution < -0.4 is 0 Å². The molecule has 0 aromatic carbocycles. The normalized spacial score (nSPS) is 45.6. The Morgan fingerprint density at radius 1 is 1.32 bits per heavy atom. The third-order valence-corrected chi connectivity index (χ3v) is 8.22. The van der Waals surface area contributed by atoms with Crippen LogP contribution in [0.5, 0.6) is 0 Å². The molecule has 4 bridgehead atoms. The lowest BCUT2D eigenvalue weighted by Gasteiger charge is -2.63. The van der Waals surface area contributed by atoms with Gasteiger partial charge in [-0.15, -0.1) is 11.3 Å². The second kappa shape index (κ2) is 4.34. The van der Waals surface area contributed by atoms with E-state index < -0.39 is 0 Å². The number of alkyl halides is 1. The quantitative estimate of drug-likeness (QED) is 0.623. The van der Waals surface area contributed by atoms with Crippen molar-refractivity contribution >= 4 is 27.3 Å². The van der Waals surface area contributed by atoms with Crippen molar-refractivity contribution in [1.82, 2.24) is 0 Å². The molecule has 19 heavy (non-hydrogen) atoms. The first kappa shape index (κ1) is 12.9. The first-order valence-electron chi connectivity index (χ1n) is 7.73. The zero-order chi connectivity index (χ0) is 13.1. The molecule has 3 unspecified atom stereocenters. The molecular formula is C17H23BrS. The van der Waals surface area contributed by atoms with Crippen LogP contribution in [0, 0.1) is 22.7 Å². The van der Waals surface area contributed by atoms with Crippen LogP contribution in [-0.2, 0) is 6.42 Å². The van der Waals surface area contributed by atoms with Gasteiger partial charge in [0.15, 0.2) is 0 Å². The predicted octanol–water partition coefficient (Wildman–Crippen LogP) is 5.66. The maximum atomic E-state index is 4.12. The van der Waals surface area contributed by atoms with E-state index in [-0.39, 0.29) is 0 Å². The Kier molecular flexibility index (Phi) is 2.94. The molecule has 0 saturated heterocycles. The fraction of sp³-hybridized carbons (Fsp3) is 0.765. The van der Waals surface area contributed by atoms with Crippen molar-refractivity contribution in [3.8, 4) is 0 Å². The molecule has 1 aromatic heterocycles. The van der Waals surface area contributed by atoms with Gasteiger partial charge in [0.25, 0.3) is 0 Å². The molecule has 4 fully saturated rings. The molecule has 4 aliphatic rings. The predicted molar refractivity (Wildman–Crippen MR) is 86.0 cm³/mol. The van der Waals surface area contributed by atoms with E-state index in [1.807, 2.05) is 11.3 Å². The van der Waals surface area contributed by atoms with Gasteiger partial charge in [-0.2, -0.15) is 0 Å². The minimum absolute atomic E-state index is 0.614. The van der Waals surface area contributed by atoms with E-state index in [1.165, 1.54) is 44.9 Å². The van der Waals surface area contributed by atoms with Crippen molar-refractivity contribution in [2.24, 2.45) is 22.7 Å². The van der Waals surface area contributed by atoms with Crippen LogP contribution in [0.15, 0.2) is 17.5 Å². The summed E-state index contributed by atoms with van der Waals surface area (Å²) in [6.07, 6.45) is 10.3. The van der Waals surface area contributed by atoms with Crippen LogP contribution in [0.1, 0.15) is 50.3 Å². The zero-order valence-electron chi connectivity index (χ0n) is 11.7. The molecule has 0 aliphatic heterocycles. The average Bonchev–Trinajstić information content (AvgIpc) is 2.78. The van der Waals surface area contributed by atoms with Crippen molar-refractivity contribution in [2.75, 3.05) is 0 Å². The van der Waals surface area contributed by atoms with Crippen molar-refractivity contribution in [3.63, 3.8) is 0 Å². The molecule has 3 atom stereocenters. The number of halogens is 1. The molecule has 4 saturated carbocycles. The highest BCUT2D eigenvalue weighted by atomic mass is 79.9. The molecule has 4 aliphatic carbocycles. The van der Waals surface area contributed by atoms with Gasteiger partial charge in [-0.1, -0.05) is 28.9 Å². The smallest absolute Gasteiger partial charge is 0.0250 e. The molecule has 1 aromatic rings. The summed E-state index contributed by atoms with van der Waals surface area (Å²) in [6.45, 7) is 2.57. The Bertz CT molecular complexity index is 450. The van der Waals surface area contributed by atoms with Gasteiger partial charge in [-0.3, -0.25) is 0 Å². The summed E-state index contributed by atoms with van der Waals surface area (Å²) < 4.78 is 0. The molecule has 5 rings (SSSR count). The first-order valence-corrected chi connectivity index (χ1v) is 9.53. The van der Waals surface area contributed by atoms with Crippen LogP contribution >= 0.6 is 27.3 Å². The summed E-state index contributed by atoms with van der Waals surface area (Å²) in [5.41, 5.74) is 1.29. The van der Waals surface area contributed by atoms with Crippen molar-refractivity contribution in [3.05, 3.63) is 22.4 Å². The van der Waals surface area contributed by atoms with E-state index in [2.05, 4.69) is 40.4 Å². The maximum Gasteiger partial charge on any atom is 0.0250 e. The maximum absolute atomic E-state index is 4.12. The van der Waals surface area contributed by atoms with E-state index in [0.717, 1.165) is 11.8 Å². The van der Waals surface area contributed by atoms with E-state index in [4.69, 9.17) is 0 Å². The van der Waals surface area contributed by atoms with Gasteiger partial charge in [-0.05, 0) is 79.1 Å². The monoisotopic (exact) mass is 338 g/mol. The molecule has 0 spiro atoms. The van der Waals surface area contributed by atoms with Gasteiger partial charge < -0.3 is 0 Å². The van der Waals surface area contributed by atoms with Crippen LogP contribution in [0.3, 0.4) is 0 Å². The van der Waals surface area contributed by atoms with E-state index >= 15 is 0 Å². The Hall–Kier alpha value is 0.180. The largest absolute Gasteiger partial charge is 0.149 e. The van der Waals surface area contributed by atoms with E-state index in [9.17, 15) is 0 Å². The first-order chi connectivity index (χ1) is 9.07. The topological polar surface area (TPSA) is 0 Å². The average molecular weight is 339 g/mol. The Labute approximate surface area is 129 Å². The summed E-state index contributed by atoms with van der Waals surface area (Å²) in [4.78, 5) is 2.26. The molecule has 1 heterocycles. The van der Waals surface area contributed by atoms with Gasteiger partial charge in [0, 0.05) is 9.70 Å². The summed E-state index contributed by atoms with van der Waals surface area (Å²) >= 11 is 6.04. The highest BCUT2D eigenvalue weighted by Crippen LogP contribution is 2.67. The molecular weight excluding hydrogens is 316 g/mol. The zero-order valence-corrected chi connectivity index (χ0v) is 14.1. The lowest BCUT2D eigenvalue weighted by molar-refractivity contribution is -0.101. The van der Waals surface area contributed by atoms with E-state index in [1.54, 1.807) is 4.88 Å². The second-order valence-corrected chi connectivity index (χ2v) is 10.0. The highest BCUT2D eigenvalue weighted by Gasteiger charge is 2.57. The fourth-order valence-corrected chi connectivity index (χ4v) is 7.84. The summed E-state index contributed by atoms with van der Waals surface area (Å²) in [7, 11) is 0. The SMILES string of the molecule is CC12CC3CC(C1)CC(C(Br)Cc1cccs1)(C3)C2. The van der Waals surface area contributed by atoms with Crippen LogP contribution in [0.2, 0.25) is 0 Å². The van der Waals surface area contributed by atoms with Gasteiger partial charge in [0.1, 0.15) is 0 Å². The minimum atomic E-state index is 0.614. The van der Waals surface area contributed by atoms with Crippen molar-refractivity contribution in [2.45, 2.75) is 56.7 Å². The Balaban J connectivity index is 1.59. The number of rotatable bonds is 3. The van der Waals surface area contributed by atoms with E-state index in [0.29, 0.717) is 15.7 Å². The Morgan fingerprint density at radius 2 is 2.05 bits per heavy atom. The van der Waals surface area contributed by atoms with Crippen molar-refractivity contribution in [1.29, 1.82) is 0 Å². The minimum Gasteiger partial charge on any atom is -0.149 e. The van der Waals surface area contributed by atoms with Crippen LogP contribution in [-0.4, -0.2) is 4.83 Å². The third kappa shape index (κ3) is 2.14. The fourth-order valence-electron chi connectivity index (χ4n) is 5.99. The van der Waals surface area contributed by atoms with Crippen molar-refractivity contribution < 1.29 is 0 Å². The molecule has 0 radical (unpaired) electrons. The summed E-state index contributed by atoms with van der Waals surface area (Å²) in [5, 5.41) is 2.22. The number of hydrogen-bond donors (Lipinski definition) is 0. The number of thiophene rings is 1.